The summed E-state index contributed by atoms with van der Waals surface area (Å²) in [5, 5.41) is 9.45. The average molecular weight is 662 g/mol. The normalized spacial score (nSPS) is 11.5. The molecule has 0 radical (unpaired) electrons. The molecule has 1 aromatic heterocycles. The van der Waals surface area contributed by atoms with Crippen LogP contribution in [0.5, 0.6) is 0 Å². The second-order valence-corrected chi connectivity index (χ2v) is 13.2. The van der Waals surface area contributed by atoms with Crippen LogP contribution >= 0.6 is 0 Å². The number of aromatic nitrogens is 3. The second kappa shape index (κ2) is 12.4. The van der Waals surface area contributed by atoms with Gasteiger partial charge in [0.15, 0.2) is 17.5 Å². The Morgan fingerprint density at radius 3 is 1.23 bits per heavy atom. The van der Waals surface area contributed by atoms with E-state index in [1.165, 1.54) is 32.7 Å². The molecule has 0 atom stereocenters. The average Bonchev–Trinajstić information content (AvgIpc) is 3.22. The van der Waals surface area contributed by atoms with Gasteiger partial charge < -0.3 is 0 Å². The molecule has 0 N–H and O–H groups in total. The predicted octanol–water partition coefficient (Wildman–Crippen LogP) is 12.8. The van der Waals surface area contributed by atoms with Crippen molar-refractivity contribution in [1.29, 1.82) is 0 Å². The Labute approximate surface area is 301 Å². The zero-order valence-corrected chi connectivity index (χ0v) is 28.2. The quantitative estimate of drug-likeness (QED) is 0.184. The smallest absolute Gasteiger partial charge is 0.164 e. The molecule has 0 unspecified atom stereocenters. The van der Waals surface area contributed by atoms with Crippen molar-refractivity contribution in [1.82, 2.24) is 15.0 Å². The molecule has 9 aromatic carbocycles. The number of fused-ring (bicyclic) bond motifs is 4. The van der Waals surface area contributed by atoms with Crippen LogP contribution in [0, 0.1) is 0 Å². The molecule has 0 saturated heterocycles. The summed E-state index contributed by atoms with van der Waals surface area (Å²) in [6.45, 7) is 0. The molecule has 0 bridgehead atoms. The fourth-order valence-corrected chi connectivity index (χ4v) is 7.49. The van der Waals surface area contributed by atoms with Crippen LogP contribution in [0.2, 0.25) is 0 Å². The maximum atomic E-state index is 5.15. The zero-order valence-electron chi connectivity index (χ0n) is 28.2. The summed E-state index contributed by atoms with van der Waals surface area (Å²) in [5.41, 5.74) is 7.63. The van der Waals surface area contributed by atoms with Gasteiger partial charge in [0, 0.05) is 16.7 Å². The van der Waals surface area contributed by atoms with Crippen LogP contribution in [0.3, 0.4) is 0 Å². The first kappa shape index (κ1) is 29.9. The first-order valence-electron chi connectivity index (χ1n) is 17.6. The molecule has 0 spiro atoms. The zero-order chi connectivity index (χ0) is 34.4. The van der Waals surface area contributed by atoms with Gasteiger partial charge in [-0.25, -0.2) is 15.0 Å². The summed E-state index contributed by atoms with van der Waals surface area (Å²) < 4.78 is 0. The third kappa shape index (κ3) is 5.28. The van der Waals surface area contributed by atoms with Gasteiger partial charge in [-0.3, -0.25) is 0 Å². The summed E-state index contributed by atoms with van der Waals surface area (Å²) >= 11 is 0. The van der Waals surface area contributed by atoms with E-state index in [2.05, 4.69) is 188 Å². The van der Waals surface area contributed by atoms with E-state index in [4.69, 9.17) is 15.0 Å². The van der Waals surface area contributed by atoms with Crippen LogP contribution in [0.1, 0.15) is 0 Å². The highest BCUT2D eigenvalue weighted by molar-refractivity contribution is 6.00. The molecule has 0 aliphatic rings. The minimum atomic E-state index is 0.642. The van der Waals surface area contributed by atoms with Crippen molar-refractivity contribution in [2.45, 2.75) is 0 Å². The molecule has 10 rings (SSSR count). The van der Waals surface area contributed by atoms with Gasteiger partial charge in [-0.15, -0.1) is 0 Å². The minimum Gasteiger partial charge on any atom is -0.208 e. The molecule has 0 saturated carbocycles. The third-order valence-electron chi connectivity index (χ3n) is 10.1. The highest BCUT2D eigenvalue weighted by atomic mass is 15.0. The molecule has 0 fully saturated rings. The van der Waals surface area contributed by atoms with Crippen LogP contribution in [-0.2, 0) is 0 Å². The number of rotatable bonds is 5. The van der Waals surface area contributed by atoms with E-state index >= 15 is 0 Å². The molecule has 3 heteroatoms. The first-order valence-corrected chi connectivity index (χ1v) is 17.6. The maximum Gasteiger partial charge on any atom is 0.164 e. The van der Waals surface area contributed by atoms with Crippen molar-refractivity contribution >= 4 is 43.1 Å². The van der Waals surface area contributed by atoms with Gasteiger partial charge in [-0.05, 0) is 83.5 Å². The lowest BCUT2D eigenvalue weighted by Crippen LogP contribution is -2.01. The highest BCUT2D eigenvalue weighted by Gasteiger charge is 2.16. The SMILES string of the molecule is c1cc(-c2ccc3cc(-c4cccc5ccccc45)ccc3c2)cc(-c2nc(-c3cccc4ccccc34)nc(-c3cccc4ccccc34)n2)c1. The van der Waals surface area contributed by atoms with Crippen LogP contribution < -0.4 is 0 Å². The maximum absolute atomic E-state index is 5.15. The van der Waals surface area contributed by atoms with E-state index in [-0.39, 0.29) is 0 Å². The Kier molecular flexibility index (Phi) is 7.14. The summed E-state index contributed by atoms with van der Waals surface area (Å²) in [6.07, 6.45) is 0. The van der Waals surface area contributed by atoms with Crippen molar-refractivity contribution in [3.63, 3.8) is 0 Å². The van der Waals surface area contributed by atoms with Crippen molar-refractivity contribution in [2.24, 2.45) is 0 Å². The number of hydrogen-bond acceptors (Lipinski definition) is 3. The van der Waals surface area contributed by atoms with Gasteiger partial charge >= 0.3 is 0 Å². The van der Waals surface area contributed by atoms with Crippen molar-refractivity contribution < 1.29 is 0 Å². The van der Waals surface area contributed by atoms with E-state index in [9.17, 15) is 0 Å². The number of benzene rings is 9. The van der Waals surface area contributed by atoms with Crippen molar-refractivity contribution in [3.05, 3.63) is 188 Å². The topological polar surface area (TPSA) is 38.7 Å². The Morgan fingerprint density at radius 1 is 0.231 bits per heavy atom. The fraction of sp³-hybridized carbons (Fsp3) is 0. The van der Waals surface area contributed by atoms with Crippen LogP contribution in [-0.4, -0.2) is 15.0 Å². The van der Waals surface area contributed by atoms with E-state index < -0.39 is 0 Å². The van der Waals surface area contributed by atoms with Crippen molar-refractivity contribution in [3.8, 4) is 56.4 Å². The summed E-state index contributed by atoms with van der Waals surface area (Å²) in [7, 11) is 0. The van der Waals surface area contributed by atoms with Crippen LogP contribution in [0.4, 0.5) is 0 Å². The first-order chi connectivity index (χ1) is 25.7. The largest absolute Gasteiger partial charge is 0.208 e. The van der Waals surface area contributed by atoms with E-state index in [0.29, 0.717) is 17.5 Å². The van der Waals surface area contributed by atoms with E-state index in [1.54, 1.807) is 0 Å². The number of nitrogens with zero attached hydrogens (tertiary/aromatic N) is 3. The van der Waals surface area contributed by atoms with Gasteiger partial charge in [-0.2, -0.15) is 0 Å². The molecular formula is C49H31N3. The molecule has 10 aromatic rings. The lowest BCUT2D eigenvalue weighted by atomic mass is 9.94. The minimum absolute atomic E-state index is 0.642. The Balaban J connectivity index is 1.09. The molecule has 52 heavy (non-hydrogen) atoms. The molecule has 0 aliphatic carbocycles. The second-order valence-electron chi connectivity index (χ2n) is 13.2. The monoisotopic (exact) mass is 661 g/mol. The summed E-state index contributed by atoms with van der Waals surface area (Å²) in [4.78, 5) is 15.4. The van der Waals surface area contributed by atoms with Gasteiger partial charge in [0.25, 0.3) is 0 Å². The van der Waals surface area contributed by atoms with Crippen molar-refractivity contribution in [2.75, 3.05) is 0 Å². The lowest BCUT2D eigenvalue weighted by Gasteiger charge is -2.12. The molecule has 3 nitrogen and oxygen atoms in total. The van der Waals surface area contributed by atoms with Gasteiger partial charge in [0.1, 0.15) is 0 Å². The number of hydrogen-bond donors (Lipinski definition) is 0. The van der Waals surface area contributed by atoms with E-state index in [0.717, 1.165) is 49.4 Å². The van der Waals surface area contributed by atoms with Gasteiger partial charge in [0.2, 0.25) is 0 Å². The molecule has 0 aliphatic heterocycles. The standard InChI is InChI=1S/C49H31N3/c1-4-19-41-32(11-1)14-8-22-44(41)39-28-27-37-29-36(25-26-38(37)30-39)35-17-7-18-40(31-35)47-50-48(45-23-9-15-33-12-2-5-20-42(33)45)52-49(51-47)46-24-10-16-34-13-3-6-21-43(34)46/h1-31H. The van der Waals surface area contributed by atoms with E-state index in [1.807, 2.05) is 0 Å². The van der Waals surface area contributed by atoms with Crippen LogP contribution in [0.15, 0.2) is 188 Å². The fourth-order valence-electron chi connectivity index (χ4n) is 7.49. The molecule has 0 amide bonds. The molecule has 1 heterocycles. The lowest BCUT2D eigenvalue weighted by molar-refractivity contribution is 1.08. The predicted molar refractivity (Wildman–Crippen MR) is 217 cm³/mol. The third-order valence-corrected chi connectivity index (χ3v) is 10.1. The summed E-state index contributed by atoms with van der Waals surface area (Å²) in [6, 6.07) is 66.5. The summed E-state index contributed by atoms with van der Waals surface area (Å²) in [5.74, 6) is 1.95. The van der Waals surface area contributed by atoms with Crippen LogP contribution in [0.25, 0.3) is 99.5 Å². The Morgan fingerprint density at radius 2 is 0.635 bits per heavy atom. The molecule has 242 valence electrons. The Hall–Kier alpha value is -6.97. The highest BCUT2D eigenvalue weighted by Crippen LogP contribution is 2.35. The van der Waals surface area contributed by atoms with Gasteiger partial charge in [0.05, 0.1) is 0 Å². The Bertz CT molecular complexity index is 2870. The molecular weight excluding hydrogens is 631 g/mol. The van der Waals surface area contributed by atoms with Gasteiger partial charge in [-0.1, -0.05) is 170 Å².